The molecule has 0 fully saturated rings. The zero-order chi connectivity index (χ0) is 15.0. The fourth-order valence-electron chi connectivity index (χ4n) is 2.14. The molecule has 106 valence electrons. The van der Waals surface area contributed by atoms with Crippen molar-refractivity contribution in [3.63, 3.8) is 0 Å². The first-order chi connectivity index (χ1) is 9.34. The SMILES string of the molecule is Bc1nc2c(c(=O)n(CCCC(=O)O)c(=O)n2C)n1C. The molecule has 0 atom stereocenters. The maximum Gasteiger partial charge on any atom is 0.332 e. The summed E-state index contributed by atoms with van der Waals surface area (Å²) >= 11 is 0. The Morgan fingerprint density at radius 3 is 2.55 bits per heavy atom. The predicted molar refractivity (Wildman–Crippen MR) is 75.3 cm³/mol. The minimum Gasteiger partial charge on any atom is -0.481 e. The van der Waals surface area contributed by atoms with Crippen LogP contribution in [-0.4, -0.2) is 37.6 Å². The van der Waals surface area contributed by atoms with E-state index in [-0.39, 0.29) is 19.4 Å². The number of carbonyl (C=O) groups is 1. The summed E-state index contributed by atoms with van der Waals surface area (Å²) in [5, 5.41) is 8.62. The number of imidazole rings is 1. The Bertz CT molecular complexity index is 801. The van der Waals surface area contributed by atoms with Gasteiger partial charge in [0, 0.05) is 27.1 Å². The van der Waals surface area contributed by atoms with Gasteiger partial charge >= 0.3 is 11.7 Å². The molecule has 2 rings (SSSR count). The number of aliphatic carboxylic acids is 1. The van der Waals surface area contributed by atoms with Crippen LogP contribution in [0.15, 0.2) is 9.59 Å². The molecule has 0 radical (unpaired) electrons. The number of rotatable bonds is 4. The van der Waals surface area contributed by atoms with Crippen LogP contribution in [0.2, 0.25) is 0 Å². The molecule has 0 aliphatic rings. The third-order valence-corrected chi connectivity index (χ3v) is 3.36. The molecule has 1 N–H and O–H groups in total. The van der Waals surface area contributed by atoms with Crippen molar-refractivity contribution in [2.45, 2.75) is 19.4 Å². The third kappa shape index (κ3) is 2.15. The molecule has 2 aromatic heterocycles. The molecule has 0 aromatic carbocycles. The second kappa shape index (κ2) is 4.99. The number of hydrogen-bond donors (Lipinski definition) is 1. The molecule has 9 heteroatoms. The van der Waals surface area contributed by atoms with Crippen LogP contribution in [0.1, 0.15) is 12.8 Å². The van der Waals surface area contributed by atoms with E-state index >= 15 is 0 Å². The molecule has 0 bridgehead atoms. The molecule has 0 saturated carbocycles. The van der Waals surface area contributed by atoms with Gasteiger partial charge in [0.05, 0.1) is 5.72 Å². The van der Waals surface area contributed by atoms with Crippen molar-refractivity contribution < 1.29 is 9.90 Å². The molecule has 0 spiro atoms. The van der Waals surface area contributed by atoms with Crippen molar-refractivity contribution in [1.82, 2.24) is 18.7 Å². The van der Waals surface area contributed by atoms with Gasteiger partial charge in [-0.25, -0.2) is 9.78 Å². The van der Waals surface area contributed by atoms with Crippen LogP contribution >= 0.6 is 0 Å². The number of aromatic nitrogens is 4. The number of carboxylic acids is 1. The molecule has 2 heterocycles. The lowest BCUT2D eigenvalue weighted by molar-refractivity contribution is -0.137. The van der Waals surface area contributed by atoms with E-state index in [1.165, 1.54) is 4.57 Å². The summed E-state index contributed by atoms with van der Waals surface area (Å²) in [4.78, 5) is 39.2. The molecule has 0 saturated heterocycles. The molecule has 2 aromatic rings. The van der Waals surface area contributed by atoms with Gasteiger partial charge in [-0.1, -0.05) is 0 Å². The highest BCUT2D eigenvalue weighted by atomic mass is 16.4. The molecule has 20 heavy (non-hydrogen) atoms. The van der Waals surface area contributed by atoms with E-state index < -0.39 is 17.2 Å². The zero-order valence-corrected chi connectivity index (χ0v) is 11.6. The summed E-state index contributed by atoms with van der Waals surface area (Å²) in [6.45, 7) is 0.0813. The highest BCUT2D eigenvalue weighted by molar-refractivity contribution is 6.30. The van der Waals surface area contributed by atoms with E-state index in [2.05, 4.69) is 4.98 Å². The van der Waals surface area contributed by atoms with Gasteiger partial charge in [-0.3, -0.25) is 18.7 Å². The average molecular weight is 278 g/mol. The van der Waals surface area contributed by atoms with Crippen LogP contribution in [0, 0.1) is 0 Å². The molecule has 0 aliphatic heterocycles. The smallest absolute Gasteiger partial charge is 0.332 e. The Labute approximate surface area is 114 Å². The van der Waals surface area contributed by atoms with E-state index in [0.29, 0.717) is 16.9 Å². The Morgan fingerprint density at radius 1 is 1.30 bits per heavy atom. The van der Waals surface area contributed by atoms with E-state index in [1.54, 1.807) is 26.5 Å². The number of nitrogens with zero attached hydrogens (tertiary/aromatic N) is 4. The van der Waals surface area contributed by atoms with Gasteiger partial charge in [0.1, 0.15) is 0 Å². The molecule has 8 nitrogen and oxygen atoms in total. The lowest BCUT2D eigenvalue weighted by Crippen LogP contribution is -2.39. The normalized spacial score (nSPS) is 11.1. The summed E-state index contributed by atoms with van der Waals surface area (Å²) in [5.41, 5.74) is 0.410. The fraction of sp³-hybridized carbons (Fsp3) is 0.455. The van der Waals surface area contributed by atoms with Crippen molar-refractivity contribution in [1.29, 1.82) is 0 Å². The molecular weight excluding hydrogens is 263 g/mol. The van der Waals surface area contributed by atoms with E-state index in [9.17, 15) is 14.4 Å². The highest BCUT2D eigenvalue weighted by Crippen LogP contribution is 2.01. The Kier molecular flexibility index (Phi) is 3.52. The monoisotopic (exact) mass is 278 g/mol. The van der Waals surface area contributed by atoms with Crippen molar-refractivity contribution in [2.24, 2.45) is 14.1 Å². The van der Waals surface area contributed by atoms with Crippen LogP contribution in [-0.2, 0) is 25.4 Å². The highest BCUT2D eigenvalue weighted by Gasteiger charge is 2.16. The second-order valence-electron chi connectivity index (χ2n) is 4.69. The Morgan fingerprint density at radius 2 is 1.95 bits per heavy atom. The third-order valence-electron chi connectivity index (χ3n) is 3.36. The quantitative estimate of drug-likeness (QED) is 0.626. The van der Waals surface area contributed by atoms with E-state index in [0.717, 1.165) is 4.57 Å². The van der Waals surface area contributed by atoms with E-state index in [4.69, 9.17) is 5.11 Å². The van der Waals surface area contributed by atoms with Gasteiger partial charge in [0.2, 0.25) is 0 Å². The summed E-state index contributed by atoms with van der Waals surface area (Å²) in [6, 6.07) is 0. The van der Waals surface area contributed by atoms with Crippen molar-refractivity contribution in [2.75, 3.05) is 0 Å². The Balaban J connectivity index is 2.61. The number of carboxylic acid groups (broad SMARTS) is 1. The largest absolute Gasteiger partial charge is 0.481 e. The maximum absolute atomic E-state index is 12.4. The van der Waals surface area contributed by atoms with Crippen molar-refractivity contribution >= 4 is 30.7 Å². The van der Waals surface area contributed by atoms with Gasteiger partial charge in [-0.15, -0.1) is 0 Å². The number of aryl methyl sites for hydroxylation is 2. The summed E-state index contributed by atoms with van der Waals surface area (Å²) < 4.78 is 4.00. The molecule has 0 amide bonds. The van der Waals surface area contributed by atoms with Crippen LogP contribution < -0.4 is 17.0 Å². The molecule has 0 unspecified atom stereocenters. The van der Waals surface area contributed by atoms with Crippen LogP contribution in [0.5, 0.6) is 0 Å². The first-order valence-corrected chi connectivity index (χ1v) is 6.19. The van der Waals surface area contributed by atoms with Crippen LogP contribution in [0.25, 0.3) is 11.2 Å². The Hall–Kier alpha value is -2.32. The van der Waals surface area contributed by atoms with Crippen LogP contribution in [0.3, 0.4) is 0 Å². The average Bonchev–Trinajstić information content (AvgIpc) is 2.67. The summed E-state index contributed by atoms with van der Waals surface area (Å²) in [7, 11) is 5.00. The second-order valence-corrected chi connectivity index (χ2v) is 4.69. The van der Waals surface area contributed by atoms with Gasteiger partial charge in [-0.05, 0) is 6.42 Å². The maximum atomic E-state index is 12.4. The molecule has 0 aliphatic carbocycles. The lowest BCUT2D eigenvalue weighted by Gasteiger charge is -2.07. The standard InChI is InChI=1S/C11H15BN4O4/c1-14-7-8(13-10(14)12)15(2)11(20)16(9(7)19)5-3-4-6(17)18/h3-5,12H2,1-2H3,(H,17,18). The van der Waals surface area contributed by atoms with Gasteiger partial charge in [0.25, 0.3) is 5.56 Å². The lowest BCUT2D eigenvalue weighted by atomic mass is 10.1. The summed E-state index contributed by atoms with van der Waals surface area (Å²) in [6.07, 6.45) is 0.144. The minimum atomic E-state index is -0.952. The van der Waals surface area contributed by atoms with Gasteiger partial charge < -0.3 is 9.67 Å². The fourth-order valence-corrected chi connectivity index (χ4v) is 2.14. The number of fused-ring (bicyclic) bond motifs is 1. The molecular formula is C11H15BN4O4. The summed E-state index contributed by atoms with van der Waals surface area (Å²) in [5.74, 6) is -0.952. The minimum absolute atomic E-state index is 0.0813. The van der Waals surface area contributed by atoms with E-state index in [1.807, 2.05) is 0 Å². The topological polar surface area (TPSA) is 99.1 Å². The van der Waals surface area contributed by atoms with Gasteiger partial charge in [-0.2, -0.15) is 0 Å². The van der Waals surface area contributed by atoms with Crippen LogP contribution in [0.4, 0.5) is 0 Å². The van der Waals surface area contributed by atoms with Gasteiger partial charge in [0.15, 0.2) is 19.0 Å². The first kappa shape index (κ1) is 14.1. The zero-order valence-electron chi connectivity index (χ0n) is 11.6. The number of hydrogen-bond acceptors (Lipinski definition) is 4. The predicted octanol–water partition coefficient (Wildman–Crippen LogP) is -2.44. The van der Waals surface area contributed by atoms with Crippen molar-refractivity contribution in [3.8, 4) is 0 Å². The first-order valence-electron chi connectivity index (χ1n) is 6.19. The van der Waals surface area contributed by atoms with Crippen molar-refractivity contribution in [3.05, 3.63) is 20.8 Å².